The van der Waals surface area contributed by atoms with Crippen LogP contribution in [0.15, 0.2) is 54.1 Å². The van der Waals surface area contributed by atoms with Gasteiger partial charge in [-0.1, -0.05) is 24.3 Å². The molecule has 1 saturated heterocycles. The summed E-state index contributed by atoms with van der Waals surface area (Å²) < 4.78 is 43.3. The fraction of sp³-hybridized carbons (Fsp3) is 0.167. The van der Waals surface area contributed by atoms with Crippen molar-refractivity contribution in [3.05, 3.63) is 65.2 Å². The summed E-state index contributed by atoms with van der Waals surface area (Å²) in [5.41, 5.74) is 1.48. The van der Waals surface area contributed by atoms with E-state index in [-0.39, 0.29) is 5.97 Å². The zero-order valence-corrected chi connectivity index (χ0v) is 12.6. The van der Waals surface area contributed by atoms with E-state index < -0.39 is 11.7 Å². The molecule has 124 valence electrons. The molecule has 1 aliphatic rings. The molecule has 0 aliphatic carbocycles. The van der Waals surface area contributed by atoms with E-state index in [9.17, 15) is 18.0 Å². The number of ether oxygens (including phenoxy) is 1. The maximum atomic E-state index is 12.8. The van der Waals surface area contributed by atoms with Crippen molar-refractivity contribution in [2.45, 2.75) is 12.6 Å². The van der Waals surface area contributed by atoms with Crippen molar-refractivity contribution in [1.29, 1.82) is 0 Å². The Morgan fingerprint density at radius 3 is 2.58 bits per heavy atom. The number of halogens is 3. The number of cyclic esters (lactones) is 1. The van der Waals surface area contributed by atoms with Crippen LogP contribution in [0.1, 0.15) is 17.5 Å². The van der Waals surface area contributed by atoms with Crippen molar-refractivity contribution in [2.75, 3.05) is 11.9 Å². The molecule has 2 aromatic carbocycles. The van der Waals surface area contributed by atoms with Crippen LogP contribution in [0, 0.1) is 0 Å². The number of rotatable bonds is 3. The first-order valence-corrected chi connectivity index (χ1v) is 7.34. The minimum absolute atomic E-state index is 0.324. The summed E-state index contributed by atoms with van der Waals surface area (Å²) in [7, 11) is 0. The Morgan fingerprint density at radius 2 is 1.88 bits per heavy atom. The van der Waals surface area contributed by atoms with E-state index in [1.54, 1.807) is 36.4 Å². The fourth-order valence-electron chi connectivity index (χ4n) is 2.43. The Hall–Kier alpha value is -2.76. The molecule has 3 rings (SSSR count). The number of benzene rings is 2. The highest BCUT2D eigenvalue weighted by Crippen LogP contribution is 2.32. The van der Waals surface area contributed by atoms with Gasteiger partial charge in [0.25, 0.3) is 0 Å². The zero-order valence-electron chi connectivity index (χ0n) is 12.6. The molecule has 6 heteroatoms. The molecule has 0 atom stereocenters. The highest BCUT2D eigenvalue weighted by molar-refractivity contribution is 5.96. The fourth-order valence-corrected chi connectivity index (χ4v) is 2.43. The minimum Gasteiger partial charge on any atom is -0.462 e. The highest BCUT2D eigenvalue weighted by atomic mass is 19.4. The summed E-state index contributed by atoms with van der Waals surface area (Å²) in [4.78, 5) is 11.6. The first-order chi connectivity index (χ1) is 11.4. The molecular formula is C18H14F3NO2. The van der Waals surface area contributed by atoms with Crippen LogP contribution < -0.4 is 5.32 Å². The van der Waals surface area contributed by atoms with Gasteiger partial charge in [0.1, 0.15) is 0 Å². The van der Waals surface area contributed by atoms with Crippen LogP contribution in [0.4, 0.5) is 24.5 Å². The minimum atomic E-state index is -4.40. The van der Waals surface area contributed by atoms with Gasteiger partial charge in [-0.25, -0.2) is 4.79 Å². The van der Waals surface area contributed by atoms with Gasteiger partial charge in [0.2, 0.25) is 0 Å². The van der Waals surface area contributed by atoms with Crippen LogP contribution in [-0.2, 0) is 15.7 Å². The number of hydrogen-bond acceptors (Lipinski definition) is 3. The molecule has 1 fully saturated rings. The molecule has 0 amide bonds. The van der Waals surface area contributed by atoms with Gasteiger partial charge in [0.15, 0.2) is 0 Å². The Bertz CT molecular complexity index is 797. The number of carbonyl (C=O) groups excluding carboxylic acids is 1. The number of anilines is 2. The van der Waals surface area contributed by atoms with Gasteiger partial charge in [-0.2, -0.15) is 13.2 Å². The first-order valence-electron chi connectivity index (χ1n) is 7.34. The maximum Gasteiger partial charge on any atom is 0.416 e. The standard InChI is InChI=1S/C18H14F3NO2/c19-18(20,21)14-5-3-6-15(11-14)22-16-7-2-1-4-12(16)10-13-8-9-24-17(13)23/h1-7,10-11,22H,8-9H2/b13-10+. The summed E-state index contributed by atoms with van der Waals surface area (Å²) in [5, 5.41) is 2.98. The van der Waals surface area contributed by atoms with Crippen molar-refractivity contribution in [3.63, 3.8) is 0 Å². The van der Waals surface area contributed by atoms with Gasteiger partial charge in [-0.3, -0.25) is 0 Å². The first kappa shape index (κ1) is 16.1. The number of hydrogen-bond donors (Lipinski definition) is 1. The lowest BCUT2D eigenvalue weighted by molar-refractivity contribution is -0.137. The molecule has 2 aromatic rings. The van der Waals surface area contributed by atoms with Crippen molar-refractivity contribution in [1.82, 2.24) is 0 Å². The lowest BCUT2D eigenvalue weighted by Gasteiger charge is -2.12. The van der Waals surface area contributed by atoms with Gasteiger partial charge in [-0.15, -0.1) is 0 Å². The van der Waals surface area contributed by atoms with E-state index in [2.05, 4.69) is 5.32 Å². The van der Waals surface area contributed by atoms with Crippen LogP contribution >= 0.6 is 0 Å². The lowest BCUT2D eigenvalue weighted by atomic mass is 10.1. The molecule has 3 nitrogen and oxygen atoms in total. The highest BCUT2D eigenvalue weighted by Gasteiger charge is 2.30. The third-order valence-electron chi connectivity index (χ3n) is 3.63. The number of para-hydroxylation sites is 1. The third kappa shape index (κ3) is 3.59. The molecular weight excluding hydrogens is 319 g/mol. The average molecular weight is 333 g/mol. The monoisotopic (exact) mass is 333 g/mol. The SMILES string of the molecule is O=C1OCC/C1=C\c1ccccc1Nc1cccc(C(F)(F)F)c1. The van der Waals surface area contributed by atoms with Crippen molar-refractivity contribution in [2.24, 2.45) is 0 Å². The number of alkyl halides is 3. The molecule has 1 N–H and O–H groups in total. The summed E-state index contributed by atoms with van der Waals surface area (Å²) in [6, 6.07) is 12.1. The Balaban J connectivity index is 1.90. The Kier molecular flexibility index (Phi) is 4.29. The molecule has 0 bridgehead atoms. The third-order valence-corrected chi connectivity index (χ3v) is 3.63. The van der Waals surface area contributed by atoms with Crippen LogP contribution in [0.2, 0.25) is 0 Å². The van der Waals surface area contributed by atoms with Gasteiger partial charge in [0.05, 0.1) is 12.2 Å². The second-order valence-electron chi connectivity index (χ2n) is 5.35. The predicted octanol–water partition coefficient (Wildman–Crippen LogP) is 4.78. The van der Waals surface area contributed by atoms with E-state index in [1.165, 1.54) is 6.07 Å². The lowest BCUT2D eigenvalue weighted by Crippen LogP contribution is -2.05. The van der Waals surface area contributed by atoms with Gasteiger partial charge in [0, 0.05) is 23.4 Å². The van der Waals surface area contributed by atoms with E-state index in [0.29, 0.717) is 35.5 Å². The summed E-state index contributed by atoms with van der Waals surface area (Å²) in [6.45, 7) is 0.355. The van der Waals surface area contributed by atoms with Crippen LogP contribution in [0.5, 0.6) is 0 Å². The number of esters is 1. The number of nitrogens with one attached hydrogen (secondary N) is 1. The summed E-state index contributed by atoms with van der Waals surface area (Å²) >= 11 is 0. The quantitative estimate of drug-likeness (QED) is 0.649. The summed E-state index contributed by atoms with van der Waals surface area (Å²) in [5.74, 6) is -0.358. The average Bonchev–Trinajstić information content (AvgIpc) is 2.94. The maximum absolute atomic E-state index is 12.8. The molecule has 0 spiro atoms. The zero-order chi connectivity index (χ0) is 17.2. The second-order valence-corrected chi connectivity index (χ2v) is 5.35. The van der Waals surface area contributed by atoms with E-state index in [4.69, 9.17) is 4.74 Å². The molecule has 0 unspecified atom stereocenters. The Morgan fingerprint density at radius 1 is 1.08 bits per heavy atom. The van der Waals surface area contributed by atoms with Crippen LogP contribution in [-0.4, -0.2) is 12.6 Å². The van der Waals surface area contributed by atoms with Gasteiger partial charge < -0.3 is 10.1 Å². The van der Waals surface area contributed by atoms with Crippen molar-refractivity contribution in [3.8, 4) is 0 Å². The largest absolute Gasteiger partial charge is 0.462 e. The van der Waals surface area contributed by atoms with Crippen LogP contribution in [0.25, 0.3) is 6.08 Å². The molecule has 0 radical (unpaired) electrons. The van der Waals surface area contributed by atoms with E-state index >= 15 is 0 Å². The normalized spacial score (nSPS) is 16.3. The van der Waals surface area contributed by atoms with Gasteiger partial charge >= 0.3 is 12.1 Å². The molecule has 24 heavy (non-hydrogen) atoms. The van der Waals surface area contributed by atoms with E-state index in [1.807, 2.05) is 0 Å². The van der Waals surface area contributed by atoms with Crippen molar-refractivity contribution < 1.29 is 22.7 Å². The van der Waals surface area contributed by atoms with Gasteiger partial charge in [-0.05, 0) is 35.9 Å². The summed E-state index contributed by atoms with van der Waals surface area (Å²) in [6.07, 6.45) is -2.17. The molecule has 1 heterocycles. The van der Waals surface area contributed by atoms with E-state index in [0.717, 1.165) is 12.1 Å². The van der Waals surface area contributed by atoms with Crippen LogP contribution in [0.3, 0.4) is 0 Å². The molecule has 1 aliphatic heterocycles. The predicted molar refractivity (Wildman–Crippen MR) is 84.7 cm³/mol. The van der Waals surface area contributed by atoms with Crippen molar-refractivity contribution >= 4 is 23.4 Å². The number of carbonyl (C=O) groups is 1. The smallest absolute Gasteiger partial charge is 0.416 e. The molecule has 0 saturated carbocycles. The Labute approximate surface area is 136 Å². The topological polar surface area (TPSA) is 38.3 Å². The molecule has 0 aromatic heterocycles. The second kappa shape index (κ2) is 6.39.